The maximum absolute atomic E-state index is 12.5. The third-order valence-corrected chi connectivity index (χ3v) is 5.42. The first-order valence-electron chi connectivity index (χ1n) is 6.25. The van der Waals surface area contributed by atoms with Gasteiger partial charge in [-0.3, -0.25) is 0 Å². The van der Waals surface area contributed by atoms with E-state index in [2.05, 4.69) is 0 Å². The summed E-state index contributed by atoms with van der Waals surface area (Å²) in [6, 6.07) is 0. The highest BCUT2D eigenvalue weighted by Crippen LogP contribution is 2.25. The zero-order valence-corrected chi connectivity index (χ0v) is 13.1. The van der Waals surface area contributed by atoms with Crippen LogP contribution in [0.5, 0.6) is 0 Å². The fraction of sp³-hybridized carbons (Fsp3) is 1.00. The Labute approximate surface area is 115 Å². The minimum absolute atomic E-state index is 0.249. The SMILES string of the molecule is CCN(CC)S(=O)(=O)N1CC(CCl)OC(C)(C)C1. The second-order valence-electron chi connectivity index (χ2n) is 5.04. The molecule has 1 aliphatic heterocycles. The Morgan fingerprint density at radius 3 is 2.39 bits per heavy atom. The Balaban J connectivity index is 2.94. The third kappa shape index (κ3) is 3.57. The molecule has 1 heterocycles. The normalized spacial score (nSPS) is 25.6. The minimum atomic E-state index is -3.41. The first-order valence-corrected chi connectivity index (χ1v) is 8.19. The smallest absolute Gasteiger partial charge is 0.282 e. The van der Waals surface area contributed by atoms with E-state index in [0.29, 0.717) is 32.1 Å². The molecule has 0 radical (unpaired) electrons. The number of rotatable bonds is 5. The number of halogens is 1. The van der Waals surface area contributed by atoms with Crippen LogP contribution < -0.4 is 0 Å². The van der Waals surface area contributed by atoms with Crippen LogP contribution in [0.1, 0.15) is 27.7 Å². The molecule has 0 spiro atoms. The van der Waals surface area contributed by atoms with Crippen LogP contribution in [0.4, 0.5) is 0 Å². The number of nitrogens with zero attached hydrogens (tertiary/aromatic N) is 2. The zero-order chi connectivity index (χ0) is 14.0. The first-order chi connectivity index (χ1) is 8.26. The molecule has 0 aromatic carbocycles. The molecule has 0 saturated carbocycles. The molecule has 1 saturated heterocycles. The molecule has 1 unspecified atom stereocenters. The zero-order valence-electron chi connectivity index (χ0n) is 11.5. The summed E-state index contributed by atoms with van der Waals surface area (Å²) < 4.78 is 33.6. The average molecular weight is 299 g/mol. The van der Waals surface area contributed by atoms with E-state index in [1.807, 2.05) is 27.7 Å². The van der Waals surface area contributed by atoms with E-state index in [-0.39, 0.29) is 6.10 Å². The summed E-state index contributed by atoms with van der Waals surface area (Å²) in [5.41, 5.74) is -0.502. The highest BCUT2D eigenvalue weighted by molar-refractivity contribution is 7.86. The van der Waals surface area contributed by atoms with Crippen LogP contribution >= 0.6 is 11.6 Å². The molecule has 7 heteroatoms. The van der Waals surface area contributed by atoms with Gasteiger partial charge in [0.1, 0.15) is 0 Å². The van der Waals surface area contributed by atoms with E-state index >= 15 is 0 Å². The van der Waals surface area contributed by atoms with Crippen LogP contribution in [0, 0.1) is 0 Å². The van der Waals surface area contributed by atoms with Crippen LogP contribution in [0.2, 0.25) is 0 Å². The van der Waals surface area contributed by atoms with Gasteiger partial charge < -0.3 is 4.74 Å². The highest BCUT2D eigenvalue weighted by atomic mass is 35.5. The molecule has 0 aromatic rings. The lowest BCUT2D eigenvalue weighted by Crippen LogP contribution is -2.58. The van der Waals surface area contributed by atoms with Crippen molar-refractivity contribution in [3.8, 4) is 0 Å². The van der Waals surface area contributed by atoms with Gasteiger partial charge in [-0.2, -0.15) is 17.0 Å². The monoisotopic (exact) mass is 298 g/mol. The van der Waals surface area contributed by atoms with Crippen LogP contribution in [-0.2, 0) is 14.9 Å². The molecule has 18 heavy (non-hydrogen) atoms. The van der Waals surface area contributed by atoms with Gasteiger partial charge in [-0.25, -0.2) is 0 Å². The van der Waals surface area contributed by atoms with E-state index in [1.54, 1.807) is 0 Å². The molecule has 0 aromatic heterocycles. The molecule has 0 bridgehead atoms. The predicted octanol–water partition coefficient (Wildman–Crippen LogP) is 1.29. The van der Waals surface area contributed by atoms with Crippen molar-refractivity contribution < 1.29 is 13.2 Å². The Morgan fingerprint density at radius 1 is 1.39 bits per heavy atom. The summed E-state index contributed by atoms with van der Waals surface area (Å²) in [6.07, 6.45) is -0.249. The maximum atomic E-state index is 12.5. The molecular formula is C11H23ClN2O3S. The van der Waals surface area contributed by atoms with E-state index in [9.17, 15) is 8.42 Å². The molecule has 5 nitrogen and oxygen atoms in total. The van der Waals surface area contributed by atoms with Crippen molar-refractivity contribution in [1.29, 1.82) is 0 Å². The van der Waals surface area contributed by atoms with Gasteiger partial charge in [0.15, 0.2) is 0 Å². The second kappa shape index (κ2) is 6.05. The topological polar surface area (TPSA) is 49.9 Å². The average Bonchev–Trinajstić information content (AvgIpc) is 2.28. The lowest BCUT2D eigenvalue weighted by molar-refractivity contribution is -0.108. The Hall–Kier alpha value is 0.120. The van der Waals surface area contributed by atoms with Crippen molar-refractivity contribution in [2.24, 2.45) is 0 Å². The van der Waals surface area contributed by atoms with Gasteiger partial charge in [0, 0.05) is 32.1 Å². The van der Waals surface area contributed by atoms with Crippen LogP contribution in [0.3, 0.4) is 0 Å². The molecule has 1 fully saturated rings. The molecule has 0 amide bonds. The number of morpholine rings is 1. The number of alkyl halides is 1. The molecule has 1 aliphatic rings. The number of hydrogen-bond acceptors (Lipinski definition) is 3. The highest BCUT2D eigenvalue weighted by Gasteiger charge is 2.40. The van der Waals surface area contributed by atoms with Crippen LogP contribution in [-0.4, -0.2) is 60.8 Å². The molecule has 0 aliphatic carbocycles. The van der Waals surface area contributed by atoms with Gasteiger partial charge in [0.25, 0.3) is 10.2 Å². The van der Waals surface area contributed by atoms with E-state index in [1.165, 1.54) is 8.61 Å². The summed E-state index contributed by atoms with van der Waals surface area (Å²) in [5.74, 6) is 0.299. The van der Waals surface area contributed by atoms with Crippen molar-refractivity contribution in [3.63, 3.8) is 0 Å². The van der Waals surface area contributed by atoms with Gasteiger partial charge >= 0.3 is 0 Å². The predicted molar refractivity (Wildman–Crippen MR) is 73.1 cm³/mol. The Bertz CT molecular complexity index is 368. The Kier molecular flexibility index (Phi) is 5.44. The fourth-order valence-electron chi connectivity index (χ4n) is 2.21. The number of hydrogen-bond donors (Lipinski definition) is 0. The molecule has 1 rings (SSSR count). The van der Waals surface area contributed by atoms with E-state index in [4.69, 9.17) is 16.3 Å². The quantitative estimate of drug-likeness (QED) is 0.719. The van der Waals surface area contributed by atoms with Crippen molar-refractivity contribution in [3.05, 3.63) is 0 Å². The van der Waals surface area contributed by atoms with Gasteiger partial charge in [-0.1, -0.05) is 13.8 Å². The minimum Gasteiger partial charge on any atom is -0.368 e. The van der Waals surface area contributed by atoms with Crippen molar-refractivity contribution in [1.82, 2.24) is 8.61 Å². The number of ether oxygens (including phenoxy) is 1. The van der Waals surface area contributed by atoms with Gasteiger partial charge in [-0.05, 0) is 13.8 Å². The summed E-state index contributed by atoms with van der Waals surface area (Å²) in [6.45, 7) is 9.08. The van der Waals surface area contributed by atoms with Crippen LogP contribution in [0.25, 0.3) is 0 Å². The van der Waals surface area contributed by atoms with E-state index in [0.717, 1.165) is 0 Å². The largest absolute Gasteiger partial charge is 0.368 e. The first kappa shape index (κ1) is 16.2. The fourth-order valence-corrected chi connectivity index (χ4v) is 4.18. The third-order valence-electron chi connectivity index (χ3n) is 2.98. The van der Waals surface area contributed by atoms with Gasteiger partial charge in [0.05, 0.1) is 11.7 Å². The van der Waals surface area contributed by atoms with Crippen molar-refractivity contribution in [2.75, 3.05) is 32.1 Å². The lowest BCUT2D eigenvalue weighted by Gasteiger charge is -2.42. The van der Waals surface area contributed by atoms with Crippen molar-refractivity contribution in [2.45, 2.75) is 39.4 Å². The Morgan fingerprint density at radius 2 is 1.94 bits per heavy atom. The maximum Gasteiger partial charge on any atom is 0.282 e. The molecular weight excluding hydrogens is 276 g/mol. The summed E-state index contributed by atoms with van der Waals surface area (Å²) in [5, 5.41) is 0. The summed E-state index contributed by atoms with van der Waals surface area (Å²) in [4.78, 5) is 0. The summed E-state index contributed by atoms with van der Waals surface area (Å²) in [7, 11) is -3.41. The second-order valence-corrected chi connectivity index (χ2v) is 7.28. The van der Waals surface area contributed by atoms with E-state index < -0.39 is 15.8 Å². The lowest BCUT2D eigenvalue weighted by atomic mass is 10.1. The summed E-state index contributed by atoms with van der Waals surface area (Å²) >= 11 is 5.81. The standard InChI is InChI=1S/C11H23ClN2O3S/c1-5-13(6-2)18(15,16)14-8-10(7-12)17-11(3,4)9-14/h10H,5-9H2,1-4H3. The van der Waals surface area contributed by atoms with Crippen LogP contribution in [0.15, 0.2) is 0 Å². The molecule has 108 valence electrons. The van der Waals surface area contributed by atoms with Crippen molar-refractivity contribution >= 4 is 21.8 Å². The molecule has 0 N–H and O–H groups in total. The van der Waals surface area contributed by atoms with Gasteiger partial charge in [0.2, 0.25) is 0 Å². The van der Waals surface area contributed by atoms with Gasteiger partial charge in [-0.15, -0.1) is 11.6 Å². The molecule has 1 atom stereocenters.